The Morgan fingerprint density at radius 3 is 2.08 bits per heavy atom. The second kappa shape index (κ2) is 8.17. The first-order valence-electron chi connectivity index (χ1n) is 9.30. The van der Waals surface area contributed by atoms with E-state index in [9.17, 15) is 9.59 Å². The molecule has 4 nitrogen and oxygen atoms in total. The standard InChI is InChI=1S/C22H26N2O2/c1-3-21(19-7-5-4-6-8-19)22(26)24-15-13-23(14-16-24)20-11-9-18(10-12-20)17(2)25/h4-12,21H,3,13-16H2,1-2H3/t21-/m0/s1. The molecule has 1 atom stereocenters. The van der Waals surface area contributed by atoms with Crippen molar-refractivity contribution in [2.75, 3.05) is 31.1 Å². The number of rotatable bonds is 5. The van der Waals surface area contributed by atoms with Gasteiger partial charge in [0, 0.05) is 37.4 Å². The zero-order valence-corrected chi connectivity index (χ0v) is 15.5. The highest BCUT2D eigenvalue weighted by Gasteiger charge is 2.27. The first-order valence-corrected chi connectivity index (χ1v) is 9.30. The molecule has 2 aromatic rings. The number of hydrogen-bond donors (Lipinski definition) is 0. The van der Waals surface area contributed by atoms with E-state index in [1.54, 1.807) is 6.92 Å². The summed E-state index contributed by atoms with van der Waals surface area (Å²) in [5.74, 6) is 0.251. The van der Waals surface area contributed by atoms with Gasteiger partial charge in [0.05, 0.1) is 5.92 Å². The Hall–Kier alpha value is -2.62. The SMILES string of the molecule is CC[C@H](C(=O)N1CCN(c2ccc(C(C)=O)cc2)CC1)c1ccccc1. The molecule has 1 heterocycles. The van der Waals surface area contributed by atoms with Gasteiger partial charge >= 0.3 is 0 Å². The maximum atomic E-state index is 13.0. The number of anilines is 1. The maximum Gasteiger partial charge on any atom is 0.230 e. The highest BCUT2D eigenvalue weighted by molar-refractivity contribution is 5.94. The average Bonchev–Trinajstić information content (AvgIpc) is 2.69. The summed E-state index contributed by atoms with van der Waals surface area (Å²) in [6, 6.07) is 17.8. The van der Waals surface area contributed by atoms with Gasteiger partial charge in [0.15, 0.2) is 5.78 Å². The molecule has 1 aliphatic rings. The molecular weight excluding hydrogens is 324 g/mol. The molecule has 0 bridgehead atoms. The van der Waals surface area contributed by atoms with Crippen molar-refractivity contribution >= 4 is 17.4 Å². The summed E-state index contributed by atoms with van der Waals surface area (Å²) in [6.45, 7) is 6.75. The minimum absolute atomic E-state index is 0.0578. The molecule has 0 aliphatic carbocycles. The average molecular weight is 350 g/mol. The predicted octanol–water partition coefficient (Wildman–Crippen LogP) is 3.73. The lowest BCUT2D eigenvalue weighted by atomic mass is 9.95. The monoisotopic (exact) mass is 350 g/mol. The number of carbonyl (C=O) groups excluding carboxylic acids is 2. The molecule has 0 unspecified atom stereocenters. The van der Waals surface area contributed by atoms with Crippen molar-refractivity contribution in [1.29, 1.82) is 0 Å². The van der Waals surface area contributed by atoms with Gasteiger partial charge in [-0.2, -0.15) is 0 Å². The van der Waals surface area contributed by atoms with Crippen LogP contribution in [0.15, 0.2) is 54.6 Å². The number of amides is 1. The molecule has 26 heavy (non-hydrogen) atoms. The molecular formula is C22H26N2O2. The van der Waals surface area contributed by atoms with E-state index in [1.165, 1.54) is 0 Å². The summed E-state index contributed by atoms with van der Waals surface area (Å²) >= 11 is 0. The van der Waals surface area contributed by atoms with E-state index in [4.69, 9.17) is 0 Å². The Balaban J connectivity index is 1.62. The quantitative estimate of drug-likeness (QED) is 0.772. The number of carbonyl (C=O) groups is 2. The molecule has 0 spiro atoms. The number of hydrogen-bond acceptors (Lipinski definition) is 3. The topological polar surface area (TPSA) is 40.6 Å². The van der Waals surface area contributed by atoms with E-state index < -0.39 is 0 Å². The number of benzene rings is 2. The minimum atomic E-state index is -0.0578. The Labute approximate surface area is 155 Å². The number of piperazine rings is 1. The molecule has 4 heteroatoms. The summed E-state index contributed by atoms with van der Waals surface area (Å²) in [5.41, 5.74) is 2.94. The van der Waals surface area contributed by atoms with Crippen molar-refractivity contribution in [3.8, 4) is 0 Å². The van der Waals surface area contributed by atoms with E-state index in [0.29, 0.717) is 0 Å². The molecule has 0 aromatic heterocycles. The Kier molecular flexibility index (Phi) is 5.71. The van der Waals surface area contributed by atoms with E-state index in [1.807, 2.05) is 59.5 Å². The van der Waals surface area contributed by atoms with Gasteiger partial charge < -0.3 is 9.80 Å². The lowest BCUT2D eigenvalue weighted by molar-refractivity contribution is -0.133. The van der Waals surface area contributed by atoms with Crippen LogP contribution in [0.1, 0.15) is 42.1 Å². The van der Waals surface area contributed by atoms with E-state index in [0.717, 1.165) is 49.4 Å². The Bertz CT molecular complexity index is 747. The van der Waals surface area contributed by atoms with Crippen molar-refractivity contribution in [3.05, 3.63) is 65.7 Å². The van der Waals surface area contributed by atoms with Crippen LogP contribution in [0.25, 0.3) is 0 Å². The highest BCUT2D eigenvalue weighted by atomic mass is 16.2. The lowest BCUT2D eigenvalue weighted by Gasteiger charge is -2.37. The van der Waals surface area contributed by atoms with Crippen molar-refractivity contribution < 1.29 is 9.59 Å². The zero-order valence-electron chi connectivity index (χ0n) is 15.5. The highest BCUT2D eigenvalue weighted by Crippen LogP contribution is 2.24. The van der Waals surface area contributed by atoms with E-state index in [2.05, 4.69) is 11.8 Å². The number of ketones is 1. The molecule has 1 fully saturated rings. The van der Waals surface area contributed by atoms with Gasteiger partial charge in [-0.25, -0.2) is 0 Å². The van der Waals surface area contributed by atoms with Gasteiger partial charge in [-0.3, -0.25) is 9.59 Å². The van der Waals surface area contributed by atoms with Crippen molar-refractivity contribution in [2.45, 2.75) is 26.2 Å². The van der Waals surface area contributed by atoms with Crippen LogP contribution in [0, 0.1) is 0 Å². The first-order chi connectivity index (χ1) is 12.6. The van der Waals surface area contributed by atoms with E-state index in [-0.39, 0.29) is 17.6 Å². The molecule has 3 rings (SSSR count). The van der Waals surface area contributed by atoms with Crippen LogP contribution in [0.3, 0.4) is 0 Å². The van der Waals surface area contributed by atoms with Crippen LogP contribution in [0.2, 0.25) is 0 Å². The van der Waals surface area contributed by atoms with Crippen LogP contribution in [0.4, 0.5) is 5.69 Å². The van der Waals surface area contributed by atoms with Crippen LogP contribution in [-0.4, -0.2) is 42.8 Å². The molecule has 2 aromatic carbocycles. The smallest absolute Gasteiger partial charge is 0.230 e. The van der Waals surface area contributed by atoms with Crippen LogP contribution in [-0.2, 0) is 4.79 Å². The molecule has 0 radical (unpaired) electrons. The summed E-state index contributed by atoms with van der Waals surface area (Å²) < 4.78 is 0. The molecule has 136 valence electrons. The van der Waals surface area contributed by atoms with Crippen LogP contribution >= 0.6 is 0 Å². The van der Waals surface area contributed by atoms with E-state index >= 15 is 0 Å². The minimum Gasteiger partial charge on any atom is -0.368 e. The third-order valence-electron chi connectivity index (χ3n) is 5.14. The fraction of sp³-hybridized carbons (Fsp3) is 0.364. The lowest BCUT2D eigenvalue weighted by Crippen LogP contribution is -2.50. The van der Waals surface area contributed by atoms with Gasteiger partial charge in [0.1, 0.15) is 0 Å². The summed E-state index contributed by atoms with van der Waals surface area (Å²) in [5, 5.41) is 0. The van der Waals surface area contributed by atoms with Crippen LogP contribution in [0.5, 0.6) is 0 Å². The normalized spacial score (nSPS) is 15.6. The second-order valence-electron chi connectivity index (χ2n) is 6.79. The maximum absolute atomic E-state index is 13.0. The molecule has 1 amide bonds. The van der Waals surface area contributed by atoms with Crippen molar-refractivity contribution in [1.82, 2.24) is 4.90 Å². The number of Topliss-reactive ketones (excluding diaryl/α,β-unsaturated/α-hetero) is 1. The fourth-order valence-electron chi connectivity index (χ4n) is 3.55. The third-order valence-corrected chi connectivity index (χ3v) is 5.14. The van der Waals surface area contributed by atoms with Gasteiger partial charge in [-0.05, 0) is 43.2 Å². The Morgan fingerprint density at radius 1 is 0.923 bits per heavy atom. The third kappa shape index (κ3) is 3.96. The van der Waals surface area contributed by atoms with Gasteiger partial charge in [-0.15, -0.1) is 0 Å². The Morgan fingerprint density at radius 2 is 1.54 bits per heavy atom. The molecule has 0 N–H and O–H groups in total. The van der Waals surface area contributed by atoms with Gasteiger partial charge in [-0.1, -0.05) is 37.3 Å². The summed E-state index contributed by atoms with van der Waals surface area (Å²) in [4.78, 5) is 28.6. The predicted molar refractivity (Wildman–Crippen MR) is 105 cm³/mol. The first kappa shape index (κ1) is 18.2. The van der Waals surface area contributed by atoms with Gasteiger partial charge in [0.25, 0.3) is 0 Å². The number of nitrogens with zero attached hydrogens (tertiary/aromatic N) is 2. The van der Waals surface area contributed by atoms with Gasteiger partial charge in [0.2, 0.25) is 5.91 Å². The summed E-state index contributed by atoms with van der Waals surface area (Å²) in [7, 11) is 0. The van der Waals surface area contributed by atoms with Crippen molar-refractivity contribution in [3.63, 3.8) is 0 Å². The van der Waals surface area contributed by atoms with Crippen LogP contribution < -0.4 is 4.90 Å². The summed E-state index contributed by atoms with van der Waals surface area (Å²) in [6.07, 6.45) is 0.815. The second-order valence-corrected chi connectivity index (χ2v) is 6.79. The zero-order chi connectivity index (χ0) is 18.5. The molecule has 0 saturated carbocycles. The fourth-order valence-corrected chi connectivity index (χ4v) is 3.55. The largest absolute Gasteiger partial charge is 0.368 e. The molecule has 1 saturated heterocycles. The van der Waals surface area contributed by atoms with Crippen molar-refractivity contribution in [2.24, 2.45) is 0 Å². The molecule has 1 aliphatic heterocycles.